The monoisotopic (exact) mass is 266 g/mol. The van der Waals surface area contributed by atoms with Crippen LogP contribution in [0.15, 0.2) is 12.3 Å². The van der Waals surface area contributed by atoms with E-state index in [1.54, 1.807) is 27.7 Å². The molecule has 104 valence electrons. The van der Waals surface area contributed by atoms with Crippen LogP contribution in [0.2, 0.25) is 0 Å². The number of nitrogens with zero attached hydrogens (tertiary/aromatic N) is 1. The van der Waals surface area contributed by atoms with Crippen LogP contribution in [0.25, 0.3) is 0 Å². The molecule has 0 aliphatic rings. The number of amides is 1. The van der Waals surface area contributed by atoms with Crippen molar-refractivity contribution in [1.82, 2.24) is 4.98 Å². The third-order valence-electron chi connectivity index (χ3n) is 2.14. The summed E-state index contributed by atoms with van der Waals surface area (Å²) in [4.78, 5) is 27.1. The predicted molar refractivity (Wildman–Crippen MR) is 70.2 cm³/mol. The number of aromatic nitrogens is 1. The van der Waals surface area contributed by atoms with Gasteiger partial charge in [-0.15, -0.1) is 0 Å². The van der Waals surface area contributed by atoms with Crippen molar-refractivity contribution in [3.63, 3.8) is 0 Å². The molecule has 1 rings (SSSR count). The Morgan fingerprint density at radius 1 is 1.32 bits per heavy atom. The fraction of sp³-hybridized carbons (Fsp3) is 0.462. The Balaban J connectivity index is 2.86. The highest BCUT2D eigenvalue weighted by Crippen LogP contribution is 2.15. The molecule has 1 amide bonds. The number of carbonyl (C=O) groups excluding carboxylic acids is 2. The van der Waals surface area contributed by atoms with E-state index in [0.717, 1.165) is 0 Å². The summed E-state index contributed by atoms with van der Waals surface area (Å²) in [6.45, 7) is 6.98. The van der Waals surface area contributed by atoms with Crippen LogP contribution in [0.3, 0.4) is 0 Å². The molecule has 0 aliphatic heterocycles. The molecule has 0 atom stereocenters. The summed E-state index contributed by atoms with van der Waals surface area (Å²) < 4.78 is 9.74. The van der Waals surface area contributed by atoms with Gasteiger partial charge < -0.3 is 9.47 Å². The molecule has 0 spiro atoms. The second-order valence-corrected chi connectivity index (χ2v) is 4.98. The van der Waals surface area contributed by atoms with Gasteiger partial charge in [0.15, 0.2) is 0 Å². The quantitative estimate of drug-likeness (QED) is 0.832. The molecule has 0 aliphatic carbocycles. The minimum absolute atomic E-state index is 0.302. The zero-order valence-corrected chi connectivity index (χ0v) is 11.7. The van der Waals surface area contributed by atoms with Crippen molar-refractivity contribution >= 4 is 17.7 Å². The van der Waals surface area contributed by atoms with E-state index in [-0.39, 0.29) is 0 Å². The highest BCUT2D eigenvalue weighted by Gasteiger charge is 2.17. The van der Waals surface area contributed by atoms with E-state index in [4.69, 9.17) is 4.74 Å². The summed E-state index contributed by atoms with van der Waals surface area (Å²) in [5, 5.41) is 2.51. The molecule has 0 saturated heterocycles. The van der Waals surface area contributed by atoms with Gasteiger partial charge in [0.2, 0.25) is 0 Å². The molecule has 0 bridgehead atoms. The second kappa shape index (κ2) is 5.69. The van der Waals surface area contributed by atoms with E-state index in [1.165, 1.54) is 19.4 Å². The third kappa shape index (κ3) is 4.57. The second-order valence-electron chi connectivity index (χ2n) is 4.98. The van der Waals surface area contributed by atoms with Crippen LogP contribution >= 0.6 is 0 Å². The predicted octanol–water partition coefficient (Wildman–Crippen LogP) is 2.52. The average Bonchev–Trinajstić information content (AvgIpc) is 2.28. The number of methoxy groups -OCH3 is 1. The fourth-order valence-electron chi connectivity index (χ4n) is 1.34. The number of hydrogen-bond acceptors (Lipinski definition) is 5. The minimum Gasteiger partial charge on any atom is -0.465 e. The lowest BCUT2D eigenvalue weighted by molar-refractivity contribution is 0.0595. The summed E-state index contributed by atoms with van der Waals surface area (Å²) in [6, 6.07) is 1.50. The first kappa shape index (κ1) is 14.9. The van der Waals surface area contributed by atoms with Crippen molar-refractivity contribution in [2.45, 2.75) is 33.3 Å². The van der Waals surface area contributed by atoms with Gasteiger partial charge in [-0.05, 0) is 33.8 Å². The molecule has 0 unspecified atom stereocenters. The molecule has 6 heteroatoms. The Morgan fingerprint density at radius 2 is 1.95 bits per heavy atom. The van der Waals surface area contributed by atoms with Gasteiger partial charge in [0.1, 0.15) is 5.60 Å². The summed E-state index contributed by atoms with van der Waals surface area (Å²) >= 11 is 0. The van der Waals surface area contributed by atoms with Crippen molar-refractivity contribution in [3.8, 4) is 0 Å². The molecule has 1 heterocycles. The van der Waals surface area contributed by atoms with E-state index in [1.807, 2.05) is 0 Å². The number of anilines is 1. The van der Waals surface area contributed by atoms with Gasteiger partial charge >= 0.3 is 12.1 Å². The normalized spacial score (nSPS) is 10.8. The first-order chi connectivity index (χ1) is 8.73. The molecular weight excluding hydrogens is 248 g/mol. The zero-order chi connectivity index (χ0) is 14.6. The average molecular weight is 266 g/mol. The number of pyridine rings is 1. The van der Waals surface area contributed by atoms with E-state index >= 15 is 0 Å². The van der Waals surface area contributed by atoms with Crippen molar-refractivity contribution in [3.05, 3.63) is 23.5 Å². The van der Waals surface area contributed by atoms with E-state index in [2.05, 4.69) is 15.0 Å². The molecule has 0 saturated carbocycles. The summed E-state index contributed by atoms with van der Waals surface area (Å²) in [5.41, 5.74) is 0.616. The summed E-state index contributed by atoms with van der Waals surface area (Å²) in [5.74, 6) is -0.502. The molecule has 19 heavy (non-hydrogen) atoms. The number of hydrogen-bond donors (Lipinski definition) is 1. The van der Waals surface area contributed by atoms with Crippen LogP contribution in [0.4, 0.5) is 10.5 Å². The minimum atomic E-state index is -0.603. The zero-order valence-electron chi connectivity index (χ0n) is 11.7. The highest BCUT2D eigenvalue weighted by atomic mass is 16.6. The number of esters is 1. The Hall–Kier alpha value is -2.11. The lowest BCUT2D eigenvalue weighted by atomic mass is 10.2. The maximum absolute atomic E-state index is 11.6. The van der Waals surface area contributed by atoms with Crippen LogP contribution in [-0.4, -0.2) is 29.8 Å². The molecule has 6 nitrogen and oxygen atoms in total. The first-order valence-electron chi connectivity index (χ1n) is 5.78. The van der Waals surface area contributed by atoms with Gasteiger partial charge in [0, 0.05) is 0 Å². The number of nitrogens with one attached hydrogen (secondary N) is 1. The molecular formula is C13H18N2O4. The largest absolute Gasteiger partial charge is 0.465 e. The van der Waals surface area contributed by atoms with Gasteiger partial charge in [-0.25, -0.2) is 9.59 Å². The molecule has 0 fully saturated rings. The van der Waals surface area contributed by atoms with E-state index < -0.39 is 17.7 Å². The van der Waals surface area contributed by atoms with Crippen LogP contribution in [-0.2, 0) is 9.47 Å². The third-order valence-corrected chi connectivity index (χ3v) is 2.14. The van der Waals surface area contributed by atoms with Crippen LogP contribution < -0.4 is 5.32 Å². The molecule has 0 aromatic carbocycles. The van der Waals surface area contributed by atoms with Gasteiger partial charge in [0.25, 0.3) is 0 Å². The maximum atomic E-state index is 11.6. The van der Waals surface area contributed by atoms with Crippen molar-refractivity contribution in [2.75, 3.05) is 12.4 Å². The number of ether oxygens (including phenoxy) is 2. The van der Waals surface area contributed by atoms with Gasteiger partial charge in [-0.2, -0.15) is 0 Å². The highest BCUT2D eigenvalue weighted by molar-refractivity contribution is 5.93. The van der Waals surface area contributed by atoms with E-state index in [0.29, 0.717) is 16.9 Å². The lowest BCUT2D eigenvalue weighted by Crippen LogP contribution is -2.27. The van der Waals surface area contributed by atoms with E-state index in [9.17, 15) is 9.59 Å². The van der Waals surface area contributed by atoms with Crippen molar-refractivity contribution in [2.24, 2.45) is 0 Å². The Bertz CT molecular complexity index is 492. The molecule has 1 N–H and O–H groups in total. The van der Waals surface area contributed by atoms with Gasteiger partial charge in [-0.1, -0.05) is 0 Å². The standard InChI is InChI=1S/C13H18N2O4/c1-8-10(11(16)18-5)6-9(7-14-8)15-12(17)19-13(2,3)4/h6-7H,1-5H3,(H,15,17). The van der Waals surface area contributed by atoms with Crippen molar-refractivity contribution in [1.29, 1.82) is 0 Å². The Kier molecular flexibility index (Phi) is 4.47. The summed E-state index contributed by atoms with van der Waals surface area (Å²) in [7, 11) is 1.29. The fourth-order valence-corrected chi connectivity index (χ4v) is 1.34. The Labute approximate surface area is 112 Å². The van der Waals surface area contributed by atoms with Crippen LogP contribution in [0.5, 0.6) is 0 Å². The lowest BCUT2D eigenvalue weighted by Gasteiger charge is -2.19. The number of aryl methyl sites for hydroxylation is 1. The molecule has 0 radical (unpaired) electrons. The topological polar surface area (TPSA) is 77.5 Å². The van der Waals surface area contributed by atoms with Gasteiger partial charge in [0.05, 0.1) is 30.3 Å². The van der Waals surface area contributed by atoms with Gasteiger partial charge in [-0.3, -0.25) is 10.3 Å². The summed E-state index contributed by atoms with van der Waals surface area (Å²) in [6.07, 6.45) is 0.847. The molecule has 1 aromatic heterocycles. The Morgan fingerprint density at radius 3 is 2.47 bits per heavy atom. The number of rotatable bonds is 2. The SMILES string of the molecule is COC(=O)c1cc(NC(=O)OC(C)(C)C)cnc1C. The smallest absolute Gasteiger partial charge is 0.412 e. The van der Waals surface area contributed by atoms with Crippen LogP contribution in [0, 0.1) is 6.92 Å². The molecule has 1 aromatic rings. The number of carbonyl (C=O) groups is 2. The first-order valence-corrected chi connectivity index (χ1v) is 5.78. The maximum Gasteiger partial charge on any atom is 0.412 e. The van der Waals surface area contributed by atoms with Crippen LogP contribution in [0.1, 0.15) is 36.8 Å². The van der Waals surface area contributed by atoms with Crippen molar-refractivity contribution < 1.29 is 19.1 Å².